The second-order valence-corrected chi connectivity index (χ2v) is 15.6. The van der Waals surface area contributed by atoms with E-state index in [0.29, 0.717) is 11.8 Å². The summed E-state index contributed by atoms with van der Waals surface area (Å²) in [6.45, 7) is 23.4. The van der Waals surface area contributed by atoms with Crippen molar-refractivity contribution in [2.75, 3.05) is 0 Å². The third-order valence-electron chi connectivity index (χ3n) is 9.10. The van der Waals surface area contributed by atoms with Gasteiger partial charge in [0.2, 0.25) is 0 Å². The Morgan fingerprint density at radius 3 is 2.07 bits per heavy atom. The molecule has 3 heteroatoms. The molecular weight excluding hydrogens is 519 g/mol. The third kappa shape index (κ3) is 5.26. The highest BCUT2D eigenvalue weighted by molar-refractivity contribution is 6.97. The molecular formula is C40H47BN2. The van der Waals surface area contributed by atoms with E-state index in [1.54, 1.807) is 0 Å². The van der Waals surface area contributed by atoms with Crippen molar-refractivity contribution < 1.29 is 0 Å². The van der Waals surface area contributed by atoms with Crippen LogP contribution in [-0.4, -0.2) is 16.3 Å². The number of nitrogens with zero attached hydrogens (tertiary/aromatic N) is 2. The second kappa shape index (κ2) is 10.5. The molecule has 0 N–H and O–H groups in total. The van der Waals surface area contributed by atoms with E-state index in [-0.39, 0.29) is 17.5 Å². The summed E-state index contributed by atoms with van der Waals surface area (Å²) in [6, 6.07) is 27.7. The quantitative estimate of drug-likeness (QED) is 0.191. The summed E-state index contributed by atoms with van der Waals surface area (Å²) >= 11 is 0. The molecule has 0 bridgehead atoms. The zero-order chi connectivity index (χ0) is 30.8. The molecule has 1 aliphatic rings. The first-order valence-electron chi connectivity index (χ1n) is 16.1. The fraction of sp³-hybridized carbons (Fsp3) is 0.375. The van der Waals surface area contributed by atoms with Gasteiger partial charge < -0.3 is 4.57 Å². The summed E-state index contributed by atoms with van der Waals surface area (Å²) < 4.78 is 2.47. The predicted molar refractivity (Wildman–Crippen MR) is 188 cm³/mol. The monoisotopic (exact) mass is 566 g/mol. The minimum atomic E-state index is 0.0146. The van der Waals surface area contributed by atoms with Gasteiger partial charge in [0.05, 0.1) is 0 Å². The molecule has 2 nitrogen and oxygen atoms in total. The lowest BCUT2D eigenvalue weighted by Gasteiger charge is -2.24. The summed E-state index contributed by atoms with van der Waals surface area (Å²) in [5.41, 5.74) is 12.5. The number of imidazole rings is 1. The van der Waals surface area contributed by atoms with Crippen LogP contribution in [0.25, 0.3) is 27.8 Å². The van der Waals surface area contributed by atoms with Crippen LogP contribution in [0.2, 0.25) is 0 Å². The first-order valence-corrected chi connectivity index (χ1v) is 16.1. The van der Waals surface area contributed by atoms with Gasteiger partial charge in [0.25, 0.3) is 6.71 Å². The molecule has 43 heavy (non-hydrogen) atoms. The van der Waals surface area contributed by atoms with Crippen LogP contribution in [0.5, 0.6) is 0 Å². The van der Waals surface area contributed by atoms with E-state index < -0.39 is 0 Å². The van der Waals surface area contributed by atoms with Crippen molar-refractivity contribution in [2.24, 2.45) is 5.41 Å². The molecule has 0 saturated carbocycles. The summed E-state index contributed by atoms with van der Waals surface area (Å²) in [5.74, 6) is 1.90. The van der Waals surface area contributed by atoms with Gasteiger partial charge in [0.15, 0.2) is 0 Å². The Hall–Kier alpha value is -3.59. The minimum absolute atomic E-state index is 0.0146. The normalized spacial score (nSPS) is 13.3. The van der Waals surface area contributed by atoms with E-state index in [9.17, 15) is 0 Å². The molecule has 5 aromatic rings. The minimum Gasteiger partial charge on any atom is -0.305 e. The van der Waals surface area contributed by atoms with Crippen molar-refractivity contribution in [3.05, 3.63) is 101 Å². The van der Waals surface area contributed by atoms with Crippen molar-refractivity contribution in [3.8, 4) is 17.1 Å². The maximum atomic E-state index is 5.21. The molecule has 0 aliphatic carbocycles. The van der Waals surface area contributed by atoms with Gasteiger partial charge >= 0.3 is 0 Å². The average molecular weight is 567 g/mol. The van der Waals surface area contributed by atoms with Gasteiger partial charge in [-0.3, -0.25) is 0 Å². The Morgan fingerprint density at radius 1 is 0.767 bits per heavy atom. The van der Waals surface area contributed by atoms with Crippen LogP contribution in [0.1, 0.15) is 103 Å². The molecule has 2 heterocycles. The smallest absolute Gasteiger partial charge is 0.268 e. The lowest BCUT2D eigenvalue weighted by Crippen LogP contribution is -2.52. The van der Waals surface area contributed by atoms with Crippen molar-refractivity contribution in [2.45, 2.75) is 92.9 Å². The lowest BCUT2D eigenvalue weighted by atomic mass is 9.37. The molecule has 0 fully saturated rings. The van der Waals surface area contributed by atoms with Gasteiger partial charge in [0.1, 0.15) is 5.82 Å². The Balaban J connectivity index is 1.65. The van der Waals surface area contributed by atoms with Crippen LogP contribution in [0, 0.1) is 5.41 Å². The maximum Gasteiger partial charge on any atom is 0.268 e. The first kappa shape index (κ1) is 29.5. The van der Waals surface area contributed by atoms with Crippen molar-refractivity contribution in [3.63, 3.8) is 0 Å². The fourth-order valence-corrected chi connectivity index (χ4v) is 7.25. The highest BCUT2D eigenvalue weighted by Crippen LogP contribution is 2.36. The molecule has 0 saturated heterocycles. The molecule has 0 amide bonds. The van der Waals surface area contributed by atoms with Gasteiger partial charge in [-0.1, -0.05) is 129 Å². The number of hydrogen-bond acceptors (Lipinski definition) is 1. The van der Waals surface area contributed by atoms with Gasteiger partial charge in [0, 0.05) is 23.0 Å². The van der Waals surface area contributed by atoms with E-state index in [0.717, 1.165) is 12.2 Å². The van der Waals surface area contributed by atoms with Gasteiger partial charge in [-0.25, -0.2) is 4.98 Å². The van der Waals surface area contributed by atoms with E-state index in [4.69, 9.17) is 4.98 Å². The Morgan fingerprint density at radius 2 is 1.44 bits per heavy atom. The van der Waals surface area contributed by atoms with Crippen LogP contribution < -0.4 is 16.5 Å². The molecule has 0 radical (unpaired) electrons. The van der Waals surface area contributed by atoms with Crippen LogP contribution in [0.4, 0.5) is 0 Å². The van der Waals surface area contributed by atoms with Gasteiger partial charge in [-0.2, -0.15) is 0 Å². The summed E-state index contributed by atoms with van der Waals surface area (Å²) in [5, 5.41) is 2.59. The molecule has 0 spiro atoms. The molecule has 1 aliphatic heterocycles. The maximum absolute atomic E-state index is 5.21. The van der Waals surface area contributed by atoms with E-state index in [1.807, 2.05) is 0 Å². The van der Waals surface area contributed by atoms with Crippen LogP contribution >= 0.6 is 0 Å². The van der Waals surface area contributed by atoms with Crippen molar-refractivity contribution in [1.82, 2.24) is 9.55 Å². The van der Waals surface area contributed by atoms with Gasteiger partial charge in [-0.15, -0.1) is 0 Å². The third-order valence-corrected chi connectivity index (χ3v) is 9.10. The summed E-state index contributed by atoms with van der Waals surface area (Å²) in [6.07, 6.45) is 3.21. The number of hydrogen-bond donors (Lipinski definition) is 0. The molecule has 4 aromatic carbocycles. The standard InChI is InChI=1S/C40H47BN2/c1-25(2)30-16-13-17-31(26(3)4)37(30)41-34-20-27(23-39(5,6)7)18-19-35(34)43-36(41)24-42-38(43)29-21-28-14-11-12-15-32(28)33(22-29)40(8,9)10/h11-22,24-26H,23H2,1-10H3. The summed E-state index contributed by atoms with van der Waals surface area (Å²) in [4.78, 5) is 5.21. The van der Waals surface area contributed by atoms with Gasteiger partial charge in [-0.05, 0) is 85.8 Å². The second-order valence-electron chi connectivity index (χ2n) is 15.6. The predicted octanol–water partition coefficient (Wildman–Crippen LogP) is 8.66. The average Bonchev–Trinajstić information content (AvgIpc) is 3.48. The summed E-state index contributed by atoms with van der Waals surface area (Å²) in [7, 11) is 0. The highest BCUT2D eigenvalue weighted by atomic mass is 15.1. The molecule has 6 rings (SSSR count). The number of fused-ring (bicyclic) bond motifs is 4. The Kier molecular flexibility index (Phi) is 7.23. The van der Waals surface area contributed by atoms with Crippen molar-refractivity contribution in [1.29, 1.82) is 0 Å². The molecule has 0 atom stereocenters. The van der Waals surface area contributed by atoms with Crippen LogP contribution in [0.3, 0.4) is 0 Å². The number of benzene rings is 4. The lowest BCUT2D eigenvalue weighted by molar-refractivity contribution is 0.411. The van der Waals surface area contributed by atoms with Crippen LogP contribution in [0.15, 0.2) is 79.0 Å². The number of aromatic nitrogens is 2. The first-order chi connectivity index (χ1) is 20.2. The SMILES string of the molecule is CC(C)c1cccc(C(C)C)c1B1c2cc(CC(C)(C)C)ccc2-n2c1cnc2-c1cc(C(C)(C)C)c2ccccc2c1. The highest BCUT2D eigenvalue weighted by Gasteiger charge is 2.39. The van der Waals surface area contributed by atoms with E-state index in [1.165, 1.54) is 60.8 Å². The zero-order valence-corrected chi connectivity index (χ0v) is 27.8. The largest absolute Gasteiger partial charge is 0.305 e. The van der Waals surface area contributed by atoms with E-state index in [2.05, 4.69) is 153 Å². The molecule has 0 unspecified atom stereocenters. The molecule has 220 valence electrons. The molecule has 1 aromatic heterocycles. The Labute approximate surface area is 259 Å². The Bertz CT molecular complexity index is 1800. The number of rotatable bonds is 5. The van der Waals surface area contributed by atoms with Crippen LogP contribution in [-0.2, 0) is 11.8 Å². The topological polar surface area (TPSA) is 17.8 Å². The fourth-order valence-electron chi connectivity index (χ4n) is 7.25. The van der Waals surface area contributed by atoms with E-state index >= 15 is 0 Å². The van der Waals surface area contributed by atoms with Crippen molar-refractivity contribution >= 4 is 34.0 Å². The zero-order valence-electron chi connectivity index (χ0n) is 27.8.